The monoisotopic (exact) mass is 511 g/mol. The molecular weight excluding hydrogens is 478 g/mol. The first kappa shape index (κ1) is 26.0. The second kappa shape index (κ2) is 11.3. The molecule has 2 unspecified atom stereocenters. The zero-order valence-electron chi connectivity index (χ0n) is 21.1. The molecule has 192 valence electrons. The van der Waals surface area contributed by atoms with Gasteiger partial charge in [-0.1, -0.05) is 25.2 Å². The highest BCUT2D eigenvalue weighted by atomic mass is 32.1. The normalized spacial score (nSPS) is 19.7. The van der Waals surface area contributed by atoms with Crippen molar-refractivity contribution in [2.75, 3.05) is 20.8 Å². The first-order valence-corrected chi connectivity index (χ1v) is 13.0. The molecule has 0 saturated heterocycles. The lowest BCUT2D eigenvalue weighted by Gasteiger charge is -2.24. The van der Waals surface area contributed by atoms with Gasteiger partial charge in [-0.15, -0.1) is 11.3 Å². The Bertz CT molecular complexity index is 1170. The van der Waals surface area contributed by atoms with Crippen LogP contribution in [0.15, 0.2) is 42.0 Å². The van der Waals surface area contributed by atoms with Gasteiger partial charge in [0.25, 0.3) is 5.91 Å². The summed E-state index contributed by atoms with van der Waals surface area (Å²) in [6.07, 6.45) is 7.64. The van der Waals surface area contributed by atoms with E-state index in [4.69, 9.17) is 14.2 Å². The third-order valence-corrected chi connectivity index (χ3v) is 8.09. The summed E-state index contributed by atoms with van der Waals surface area (Å²) in [4.78, 5) is 27.2. The fraction of sp³-hybridized carbons (Fsp3) is 0.429. The summed E-state index contributed by atoms with van der Waals surface area (Å²) in [5.74, 6) is -0.129. The predicted molar refractivity (Wildman–Crippen MR) is 139 cm³/mol. The van der Waals surface area contributed by atoms with Crippen molar-refractivity contribution in [2.45, 2.75) is 45.8 Å². The molecular formula is C28H33NO6S. The molecule has 0 fully saturated rings. The third-order valence-electron chi connectivity index (χ3n) is 6.82. The van der Waals surface area contributed by atoms with Crippen molar-refractivity contribution in [3.63, 3.8) is 0 Å². The van der Waals surface area contributed by atoms with Crippen LogP contribution < -0.4 is 14.8 Å². The van der Waals surface area contributed by atoms with Crippen LogP contribution in [0.25, 0.3) is 0 Å². The summed E-state index contributed by atoms with van der Waals surface area (Å²) >= 11 is 1.65. The first-order valence-electron chi connectivity index (χ1n) is 12.2. The number of carbonyl (C=O) groups is 2. The van der Waals surface area contributed by atoms with Crippen LogP contribution in [0.3, 0.4) is 0 Å². The SMILES string of the molecule is COc1cc(CCc2sc3c(c2C(=O)N[C@@H](C)C2=CC(C)C(C(=O)O)C=C2)CCOC3)cc(OC)c1. The smallest absolute Gasteiger partial charge is 0.310 e. The predicted octanol–water partition coefficient (Wildman–Crippen LogP) is 4.57. The molecule has 36 heavy (non-hydrogen) atoms. The van der Waals surface area contributed by atoms with Crippen molar-refractivity contribution in [3.8, 4) is 11.5 Å². The van der Waals surface area contributed by atoms with Gasteiger partial charge in [0, 0.05) is 15.8 Å². The number of aliphatic carboxylic acids is 1. The zero-order chi connectivity index (χ0) is 25.8. The van der Waals surface area contributed by atoms with Crippen molar-refractivity contribution in [3.05, 3.63) is 68.4 Å². The Morgan fingerprint density at radius 1 is 1.19 bits per heavy atom. The van der Waals surface area contributed by atoms with E-state index in [0.717, 1.165) is 56.4 Å². The molecule has 2 heterocycles. The van der Waals surface area contributed by atoms with Gasteiger partial charge in [-0.3, -0.25) is 9.59 Å². The largest absolute Gasteiger partial charge is 0.497 e. The van der Waals surface area contributed by atoms with Gasteiger partial charge in [0.2, 0.25) is 0 Å². The fourth-order valence-electron chi connectivity index (χ4n) is 4.80. The molecule has 4 rings (SSSR count). The molecule has 2 N–H and O–H groups in total. The summed E-state index contributed by atoms with van der Waals surface area (Å²) in [6, 6.07) is 5.60. The lowest BCUT2D eigenvalue weighted by molar-refractivity contribution is -0.141. The van der Waals surface area contributed by atoms with Crippen molar-refractivity contribution in [2.24, 2.45) is 11.8 Å². The number of amides is 1. The van der Waals surface area contributed by atoms with Gasteiger partial charge >= 0.3 is 5.97 Å². The highest BCUT2D eigenvalue weighted by Gasteiger charge is 2.28. The summed E-state index contributed by atoms with van der Waals surface area (Å²) in [6.45, 7) is 4.96. The lowest BCUT2D eigenvalue weighted by Crippen LogP contribution is -2.36. The number of nitrogens with one attached hydrogen (secondary N) is 1. The van der Waals surface area contributed by atoms with E-state index in [1.807, 2.05) is 44.2 Å². The molecule has 2 aromatic rings. The molecule has 1 aromatic heterocycles. The van der Waals surface area contributed by atoms with Crippen LogP contribution in [0.2, 0.25) is 0 Å². The summed E-state index contributed by atoms with van der Waals surface area (Å²) < 4.78 is 16.5. The van der Waals surface area contributed by atoms with Crippen LogP contribution in [-0.4, -0.2) is 43.9 Å². The minimum atomic E-state index is -0.837. The number of allylic oxidation sites excluding steroid dienone is 1. The third kappa shape index (κ3) is 5.65. The summed E-state index contributed by atoms with van der Waals surface area (Å²) in [5, 5.41) is 12.5. The number of ether oxygens (including phenoxy) is 3. The van der Waals surface area contributed by atoms with Crippen LogP contribution in [-0.2, 0) is 35.4 Å². The Kier molecular flexibility index (Phi) is 8.16. The first-order chi connectivity index (χ1) is 17.3. The molecule has 2 aliphatic rings. The molecule has 7 nitrogen and oxygen atoms in total. The quantitative estimate of drug-likeness (QED) is 0.512. The molecule has 1 amide bonds. The van der Waals surface area contributed by atoms with Gasteiger partial charge in [0.05, 0.1) is 45.0 Å². The van der Waals surface area contributed by atoms with E-state index < -0.39 is 11.9 Å². The topological polar surface area (TPSA) is 94.1 Å². The Morgan fingerprint density at radius 3 is 2.56 bits per heavy atom. The Morgan fingerprint density at radius 2 is 1.92 bits per heavy atom. The lowest BCUT2D eigenvalue weighted by atomic mass is 9.85. The minimum absolute atomic E-state index is 0.0950. The molecule has 0 saturated carbocycles. The Hall–Kier alpha value is -3.10. The number of aryl methyl sites for hydroxylation is 2. The fourth-order valence-corrected chi connectivity index (χ4v) is 6.09. The van der Waals surface area contributed by atoms with Crippen LogP contribution in [0.1, 0.15) is 45.1 Å². The Labute approximate surface area is 215 Å². The van der Waals surface area contributed by atoms with Crippen molar-refractivity contribution in [1.29, 1.82) is 0 Å². The maximum absolute atomic E-state index is 13.6. The standard InChI is InChI=1S/C28H33NO6S/c1-16-11-19(6-7-22(16)28(31)32)17(2)29-27(30)26-23-9-10-35-15-25(23)36-24(26)8-5-18-12-20(33-3)14-21(13-18)34-4/h6-7,11-14,16-17,22H,5,8-10,15H2,1-4H3,(H,29,30)(H,31,32)/t16?,17-,22?/m0/s1. The van der Waals surface area contributed by atoms with E-state index in [2.05, 4.69) is 5.32 Å². The molecule has 1 aromatic carbocycles. The average Bonchev–Trinajstić information content (AvgIpc) is 3.25. The van der Waals surface area contributed by atoms with E-state index >= 15 is 0 Å². The summed E-state index contributed by atoms with van der Waals surface area (Å²) in [7, 11) is 3.27. The second-order valence-corrected chi connectivity index (χ2v) is 10.5. The molecule has 0 spiro atoms. The van der Waals surface area contributed by atoms with E-state index in [9.17, 15) is 14.7 Å². The number of rotatable bonds is 9. The van der Waals surface area contributed by atoms with Gasteiger partial charge in [-0.25, -0.2) is 0 Å². The van der Waals surface area contributed by atoms with E-state index in [0.29, 0.717) is 19.6 Å². The van der Waals surface area contributed by atoms with Crippen LogP contribution in [0.4, 0.5) is 0 Å². The van der Waals surface area contributed by atoms with Crippen molar-refractivity contribution < 1.29 is 28.9 Å². The number of fused-ring (bicyclic) bond motifs is 1. The number of hydrogen-bond acceptors (Lipinski definition) is 6. The van der Waals surface area contributed by atoms with Crippen molar-refractivity contribution in [1.82, 2.24) is 5.32 Å². The number of carboxylic acid groups (broad SMARTS) is 1. The number of methoxy groups -OCH3 is 2. The van der Waals surface area contributed by atoms with E-state index in [1.54, 1.807) is 31.6 Å². The average molecular weight is 512 g/mol. The molecule has 1 aliphatic heterocycles. The van der Waals surface area contributed by atoms with Crippen LogP contribution >= 0.6 is 11.3 Å². The van der Waals surface area contributed by atoms with Crippen LogP contribution in [0.5, 0.6) is 11.5 Å². The number of thiophene rings is 1. The van der Waals surface area contributed by atoms with Gasteiger partial charge in [-0.05, 0) is 60.9 Å². The highest BCUT2D eigenvalue weighted by Crippen LogP contribution is 2.34. The number of carbonyl (C=O) groups excluding carboxylic acids is 1. The van der Waals surface area contributed by atoms with Crippen LogP contribution in [0, 0.1) is 11.8 Å². The van der Waals surface area contributed by atoms with Gasteiger partial charge in [-0.2, -0.15) is 0 Å². The Balaban J connectivity index is 1.54. The molecule has 1 aliphatic carbocycles. The van der Waals surface area contributed by atoms with Gasteiger partial charge in [0.15, 0.2) is 0 Å². The minimum Gasteiger partial charge on any atom is -0.497 e. The van der Waals surface area contributed by atoms with Gasteiger partial charge < -0.3 is 24.6 Å². The highest BCUT2D eigenvalue weighted by molar-refractivity contribution is 7.12. The second-order valence-electron chi connectivity index (χ2n) is 9.27. The zero-order valence-corrected chi connectivity index (χ0v) is 21.9. The molecule has 3 atom stereocenters. The van der Waals surface area contributed by atoms with E-state index in [1.165, 1.54) is 0 Å². The number of hydrogen-bond donors (Lipinski definition) is 2. The molecule has 0 radical (unpaired) electrons. The number of carboxylic acids is 1. The van der Waals surface area contributed by atoms with Crippen molar-refractivity contribution >= 4 is 23.2 Å². The summed E-state index contributed by atoms with van der Waals surface area (Å²) in [5.41, 5.74) is 3.84. The maximum Gasteiger partial charge on any atom is 0.310 e. The van der Waals surface area contributed by atoms with Gasteiger partial charge in [0.1, 0.15) is 11.5 Å². The van der Waals surface area contributed by atoms with E-state index in [-0.39, 0.29) is 17.9 Å². The maximum atomic E-state index is 13.6. The molecule has 0 bridgehead atoms. The number of benzene rings is 1. The molecule has 8 heteroatoms.